The lowest BCUT2D eigenvalue weighted by Gasteiger charge is -2.29. The summed E-state index contributed by atoms with van der Waals surface area (Å²) in [7, 11) is 1.64. The first kappa shape index (κ1) is 14.9. The van der Waals surface area contributed by atoms with Gasteiger partial charge in [0.15, 0.2) is 11.4 Å². The van der Waals surface area contributed by atoms with Gasteiger partial charge >= 0.3 is 0 Å². The van der Waals surface area contributed by atoms with E-state index in [0.29, 0.717) is 12.1 Å². The molecule has 1 aromatic carbocycles. The lowest BCUT2D eigenvalue weighted by molar-refractivity contribution is 0.0910. The Morgan fingerprint density at radius 3 is 2.62 bits per heavy atom. The number of nitrogens with one attached hydrogen (secondary N) is 1. The summed E-state index contributed by atoms with van der Waals surface area (Å²) in [6.07, 6.45) is 1.36. The molecule has 1 N–H and O–H groups in total. The average molecular weight is 321 g/mol. The van der Waals surface area contributed by atoms with Crippen LogP contribution in [0.25, 0.3) is 22.3 Å². The quantitative estimate of drug-likeness (QED) is 0.780. The maximum absolute atomic E-state index is 12.5. The molecular weight excluding hydrogens is 302 g/mol. The van der Waals surface area contributed by atoms with Gasteiger partial charge < -0.3 is 4.74 Å². The largest absolute Gasteiger partial charge is 0.497 e. The van der Waals surface area contributed by atoms with Crippen molar-refractivity contribution >= 4 is 16.8 Å². The number of benzene rings is 1. The number of hydrogen-bond acceptors (Lipinski definition) is 4. The summed E-state index contributed by atoms with van der Waals surface area (Å²) in [4.78, 5) is 17.2. The predicted octanol–water partition coefficient (Wildman–Crippen LogP) is 3.79. The Labute approximate surface area is 140 Å². The lowest BCUT2D eigenvalue weighted by atomic mass is 9.75. The molecule has 0 spiro atoms. The number of methoxy groups -OCH3 is 1. The predicted molar refractivity (Wildman–Crippen MR) is 92.3 cm³/mol. The number of ether oxygens (including phenoxy) is 1. The van der Waals surface area contributed by atoms with Gasteiger partial charge in [-0.15, -0.1) is 0 Å². The molecule has 24 heavy (non-hydrogen) atoms. The Hall–Kier alpha value is -2.69. The molecular formula is C19H19N3O2. The normalized spacial score (nSPS) is 16.2. The number of hydrogen-bond donors (Lipinski definition) is 1. The van der Waals surface area contributed by atoms with Crippen molar-refractivity contribution in [3.8, 4) is 17.0 Å². The van der Waals surface area contributed by atoms with Crippen LogP contribution < -0.4 is 4.74 Å². The van der Waals surface area contributed by atoms with E-state index in [0.717, 1.165) is 40.1 Å². The van der Waals surface area contributed by atoms with E-state index in [-0.39, 0.29) is 11.2 Å². The molecule has 0 saturated carbocycles. The minimum absolute atomic E-state index is 0.0418. The summed E-state index contributed by atoms with van der Waals surface area (Å²) in [6, 6.07) is 9.69. The highest BCUT2D eigenvalue weighted by Crippen LogP contribution is 2.36. The molecule has 5 nitrogen and oxygen atoms in total. The fraction of sp³-hybridized carbons (Fsp3) is 0.316. The monoisotopic (exact) mass is 321 g/mol. The van der Waals surface area contributed by atoms with Crippen LogP contribution in [0.1, 0.15) is 36.3 Å². The standard InChI is InChI=1S/C19H19N3O2/c1-19(2)9-15-13(16(23)10-19)8-14-17(21-22-18(14)20-15)11-4-6-12(24-3)7-5-11/h4-8H,9-10H2,1-3H3,(H,20,21,22). The fourth-order valence-electron chi connectivity index (χ4n) is 3.38. The maximum atomic E-state index is 12.5. The van der Waals surface area contributed by atoms with E-state index in [2.05, 4.69) is 29.0 Å². The van der Waals surface area contributed by atoms with Crippen molar-refractivity contribution in [3.63, 3.8) is 0 Å². The third kappa shape index (κ3) is 2.37. The second kappa shape index (κ2) is 5.16. The second-order valence-electron chi connectivity index (χ2n) is 7.12. The number of aromatic amines is 1. The summed E-state index contributed by atoms with van der Waals surface area (Å²) in [5, 5.41) is 8.28. The summed E-state index contributed by atoms with van der Waals surface area (Å²) < 4.78 is 5.20. The van der Waals surface area contributed by atoms with Crippen molar-refractivity contribution in [1.29, 1.82) is 0 Å². The van der Waals surface area contributed by atoms with E-state index in [1.54, 1.807) is 7.11 Å². The molecule has 122 valence electrons. The van der Waals surface area contributed by atoms with Gasteiger partial charge in [0.2, 0.25) is 0 Å². The van der Waals surface area contributed by atoms with E-state index < -0.39 is 0 Å². The minimum atomic E-state index is -0.0418. The fourth-order valence-corrected chi connectivity index (χ4v) is 3.38. The van der Waals surface area contributed by atoms with Gasteiger partial charge in [-0.3, -0.25) is 9.89 Å². The number of rotatable bonds is 2. The number of pyridine rings is 1. The van der Waals surface area contributed by atoms with Gasteiger partial charge in [-0.25, -0.2) is 4.98 Å². The van der Waals surface area contributed by atoms with Crippen LogP contribution in [0.2, 0.25) is 0 Å². The number of fused-ring (bicyclic) bond motifs is 2. The van der Waals surface area contributed by atoms with Crippen LogP contribution in [-0.2, 0) is 6.42 Å². The molecule has 0 amide bonds. The van der Waals surface area contributed by atoms with Crippen molar-refractivity contribution < 1.29 is 9.53 Å². The van der Waals surface area contributed by atoms with Gasteiger partial charge in [-0.1, -0.05) is 13.8 Å². The first-order chi connectivity index (χ1) is 11.5. The molecule has 0 radical (unpaired) electrons. The van der Waals surface area contributed by atoms with Crippen molar-refractivity contribution in [1.82, 2.24) is 15.2 Å². The van der Waals surface area contributed by atoms with E-state index in [1.807, 2.05) is 30.3 Å². The van der Waals surface area contributed by atoms with Crippen LogP contribution in [-0.4, -0.2) is 28.1 Å². The number of carbonyl (C=O) groups excluding carboxylic acids is 1. The summed E-state index contributed by atoms with van der Waals surface area (Å²) in [5.74, 6) is 0.966. The average Bonchev–Trinajstić information content (AvgIpc) is 2.95. The zero-order valence-corrected chi connectivity index (χ0v) is 14.0. The highest BCUT2D eigenvalue weighted by atomic mass is 16.5. The van der Waals surface area contributed by atoms with E-state index in [9.17, 15) is 4.79 Å². The Morgan fingerprint density at radius 2 is 1.92 bits per heavy atom. The summed E-state index contributed by atoms with van der Waals surface area (Å²) >= 11 is 0. The van der Waals surface area contributed by atoms with Gasteiger partial charge in [-0.2, -0.15) is 5.10 Å². The summed E-state index contributed by atoms with van der Waals surface area (Å²) in [6.45, 7) is 4.21. The molecule has 1 aliphatic carbocycles. The number of aromatic nitrogens is 3. The van der Waals surface area contributed by atoms with Crippen LogP contribution in [0.3, 0.4) is 0 Å². The van der Waals surface area contributed by atoms with Crippen LogP contribution in [0, 0.1) is 5.41 Å². The molecule has 2 aromatic heterocycles. The van der Waals surface area contributed by atoms with Gasteiger partial charge in [0.25, 0.3) is 0 Å². The number of ketones is 1. The molecule has 0 bridgehead atoms. The van der Waals surface area contributed by atoms with Crippen molar-refractivity contribution in [2.75, 3.05) is 7.11 Å². The van der Waals surface area contributed by atoms with Crippen molar-refractivity contribution in [3.05, 3.63) is 41.6 Å². The highest BCUT2D eigenvalue weighted by Gasteiger charge is 2.32. The van der Waals surface area contributed by atoms with Gasteiger partial charge in [0.05, 0.1) is 18.5 Å². The number of H-pyrrole nitrogens is 1. The van der Waals surface area contributed by atoms with Gasteiger partial charge in [0, 0.05) is 22.9 Å². The van der Waals surface area contributed by atoms with Crippen LogP contribution >= 0.6 is 0 Å². The number of nitrogens with zero attached hydrogens (tertiary/aromatic N) is 2. The lowest BCUT2D eigenvalue weighted by Crippen LogP contribution is -2.27. The van der Waals surface area contributed by atoms with Crippen LogP contribution in [0.4, 0.5) is 0 Å². The van der Waals surface area contributed by atoms with E-state index in [1.165, 1.54) is 0 Å². The third-order valence-corrected chi connectivity index (χ3v) is 4.59. The maximum Gasteiger partial charge on any atom is 0.181 e. The molecule has 3 aromatic rings. The Morgan fingerprint density at radius 1 is 1.17 bits per heavy atom. The van der Waals surface area contributed by atoms with Crippen LogP contribution in [0.5, 0.6) is 5.75 Å². The molecule has 0 saturated heterocycles. The van der Waals surface area contributed by atoms with Crippen molar-refractivity contribution in [2.45, 2.75) is 26.7 Å². The molecule has 0 fully saturated rings. The second-order valence-corrected chi connectivity index (χ2v) is 7.12. The zero-order valence-electron chi connectivity index (χ0n) is 14.0. The minimum Gasteiger partial charge on any atom is -0.497 e. The van der Waals surface area contributed by atoms with E-state index >= 15 is 0 Å². The molecule has 0 aliphatic heterocycles. The molecule has 2 heterocycles. The number of carbonyl (C=O) groups is 1. The SMILES string of the molecule is COc1ccc(-c2[nH]nc3nc4c(cc23)C(=O)CC(C)(C)C4)cc1. The first-order valence-electron chi connectivity index (χ1n) is 8.02. The van der Waals surface area contributed by atoms with Crippen molar-refractivity contribution in [2.24, 2.45) is 5.41 Å². The highest BCUT2D eigenvalue weighted by molar-refractivity contribution is 6.03. The van der Waals surface area contributed by atoms with Crippen LogP contribution in [0.15, 0.2) is 30.3 Å². The van der Waals surface area contributed by atoms with E-state index in [4.69, 9.17) is 4.74 Å². The van der Waals surface area contributed by atoms with Gasteiger partial charge in [-0.05, 0) is 42.2 Å². The molecule has 0 atom stereocenters. The van der Waals surface area contributed by atoms with Gasteiger partial charge in [0.1, 0.15) is 5.75 Å². The Balaban J connectivity index is 1.85. The molecule has 5 heteroatoms. The topological polar surface area (TPSA) is 67.9 Å². The smallest absolute Gasteiger partial charge is 0.181 e. The summed E-state index contributed by atoms with van der Waals surface area (Å²) in [5.41, 5.74) is 4.07. The molecule has 1 aliphatic rings. The first-order valence-corrected chi connectivity index (χ1v) is 8.02. The third-order valence-electron chi connectivity index (χ3n) is 4.59. The molecule has 4 rings (SSSR count). The Kier molecular flexibility index (Phi) is 3.20. The molecule has 0 unspecified atom stereocenters. The zero-order chi connectivity index (χ0) is 16.9. The number of Topliss-reactive ketones (excluding diaryl/α,β-unsaturated/α-hetero) is 1. The Bertz CT molecular complexity index is 939.